The molecular weight excluding hydrogens is 493 g/mol. The van der Waals surface area contributed by atoms with Crippen molar-refractivity contribution in [3.05, 3.63) is 53.6 Å². The van der Waals surface area contributed by atoms with Crippen molar-refractivity contribution in [3.8, 4) is 5.75 Å². The summed E-state index contributed by atoms with van der Waals surface area (Å²) in [5.41, 5.74) is 2.54. The highest BCUT2D eigenvalue weighted by atomic mass is 19.4. The SMILES string of the molecule is COC(=O)c1ccc(C)c(N=C(CCC[C@@H]2C[C@H](C)CC[C@H]2C(C)C)Nc2ccc(OC(F)(F)F)cc2)c1. The van der Waals surface area contributed by atoms with Gasteiger partial charge in [0.2, 0.25) is 0 Å². The van der Waals surface area contributed by atoms with Crippen LogP contribution in [-0.2, 0) is 4.74 Å². The first-order valence-electron chi connectivity index (χ1n) is 13.3. The van der Waals surface area contributed by atoms with Gasteiger partial charge in [0.1, 0.15) is 11.6 Å². The normalized spacial score (nSPS) is 20.3. The third kappa shape index (κ3) is 8.77. The number of anilines is 1. The lowest BCUT2D eigenvalue weighted by Crippen LogP contribution is -2.27. The number of halogens is 3. The Kier molecular flexibility index (Phi) is 10.2. The topological polar surface area (TPSA) is 59.9 Å². The molecule has 38 heavy (non-hydrogen) atoms. The van der Waals surface area contributed by atoms with Gasteiger partial charge in [0, 0.05) is 12.1 Å². The summed E-state index contributed by atoms with van der Waals surface area (Å²) < 4.78 is 46.5. The number of nitrogens with one attached hydrogen (secondary N) is 1. The molecule has 3 rings (SSSR count). The molecule has 5 nitrogen and oxygen atoms in total. The van der Waals surface area contributed by atoms with Crippen LogP contribution >= 0.6 is 0 Å². The van der Waals surface area contributed by atoms with E-state index in [1.807, 2.05) is 13.0 Å². The van der Waals surface area contributed by atoms with Crippen LogP contribution in [0.25, 0.3) is 0 Å². The quantitative estimate of drug-likeness (QED) is 0.199. The van der Waals surface area contributed by atoms with Crippen LogP contribution in [0.5, 0.6) is 5.75 Å². The Balaban J connectivity index is 1.81. The molecular formula is C30H39F3N2O3. The second kappa shape index (κ2) is 13.2. The molecule has 1 N–H and O–H groups in total. The van der Waals surface area contributed by atoms with Crippen LogP contribution in [-0.4, -0.2) is 25.3 Å². The maximum absolute atomic E-state index is 12.6. The summed E-state index contributed by atoms with van der Waals surface area (Å²) >= 11 is 0. The molecule has 3 atom stereocenters. The van der Waals surface area contributed by atoms with Crippen LogP contribution in [0.15, 0.2) is 47.5 Å². The number of aryl methyl sites for hydroxylation is 1. The third-order valence-electron chi connectivity index (χ3n) is 7.41. The van der Waals surface area contributed by atoms with E-state index in [2.05, 4.69) is 30.8 Å². The summed E-state index contributed by atoms with van der Waals surface area (Å²) in [4.78, 5) is 16.9. The highest BCUT2D eigenvalue weighted by molar-refractivity contribution is 5.98. The number of rotatable bonds is 9. The highest BCUT2D eigenvalue weighted by Gasteiger charge is 2.31. The summed E-state index contributed by atoms with van der Waals surface area (Å²) in [6.07, 6.45) is 1.74. The van der Waals surface area contributed by atoms with Crippen molar-refractivity contribution in [2.75, 3.05) is 12.4 Å². The van der Waals surface area contributed by atoms with E-state index < -0.39 is 12.3 Å². The molecule has 0 heterocycles. The van der Waals surface area contributed by atoms with E-state index in [1.165, 1.54) is 50.6 Å². The van der Waals surface area contributed by atoms with E-state index in [9.17, 15) is 18.0 Å². The molecule has 0 saturated heterocycles. The van der Waals surface area contributed by atoms with Gasteiger partial charge in [-0.3, -0.25) is 0 Å². The Labute approximate surface area is 223 Å². The lowest BCUT2D eigenvalue weighted by atomic mass is 9.68. The predicted octanol–water partition coefficient (Wildman–Crippen LogP) is 8.70. The van der Waals surface area contributed by atoms with Gasteiger partial charge in [-0.15, -0.1) is 13.2 Å². The number of amidine groups is 1. The predicted molar refractivity (Wildman–Crippen MR) is 145 cm³/mol. The first-order valence-corrected chi connectivity index (χ1v) is 13.3. The molecule has 208 valence electrons. The van der Waals surface area contributed by atoms with Crippen LogP contribution in [0.3, 0.4) is 0 Å². The lowest BCUT2D eigenvalue weighted by molar-refractivity contribution is -0.274. The van der Waals surface area contributed by atoms with Crippen molar-refractivity contribution >= 4 is 23.2 Å². The molecule has 0 bridgehead atoms. The van der Waals surface area contributed by atoms with Crippen molar-refractivity contribution in [2.24, 2.45) is 28.7 Å². The molecule has 1 aliphatic rings. The fourth-order valence-corrected chi connectivity index (χ4v) is 5.44. The molecule has 0 unspecified atom stereocenters. The molecule has 0 spiro atoms. The van der Waals surface area contributed by atoms with Crippen LogP contribution in [0, 0.1) is 30.6 Å². The van der Waals surface area contributed by atoms with Gasteiger partial charge in [-0.25, -0.2) is 9.79 Å². The van der Waals surface area contributed by atoms with E-state index in [0.717, 1.165) is 30.2 Å². The maximum atomic E-state index is 12.6. The number of hydrogen-bond acceptors (Lipinski definition) is 4. The number of carbonyl (C=O) groups is 1. The van der Waals surface area contributed by atoms with Gasteiger partial charge in [-0.2, -0.15) is 0 Å². The standard InChI is InChI=1S/C30H39F3N2O3/c1-19(2)26-16-9-20(3)17-22(26)7-6-8-28(34-24-12-14-25(15-13-24)38-30(31,32)33)35-27-18-23(29(36)37-5)11-10-21(27)4/h10-15,18-20,22,26H,6-9,16-17H2,1-5H3,(H,34,35)/t20-,22-,26+/m1/s1. The smallest absolute Gasteiger partial charge is 0.465 e. The van der Waals surface area contributed by atoms with Crippen molar-refractivity contribution in [2.45, 2.75) is 72.6 Å². The van der Waals surface area contributed by atoms with Gasteiger partial charge in [-0.1, -0.05) is 33.3 Å². The maximum Gasteiger partial charge on any atom is 0.573 e. The third-order valence-corrected chi connectivity index (χ3v) is 7.41. The largest absolute Gasteiger partial charge is 0.573 e. The zero-order chi connectivity index (χ0) is 27.9. The molecule has 0 aromatic heterocycles. The molecule has 2 aromatic rings. The van der Waals surface area contributed by atoms with Gasteiger partial charge >= 0.3 is 12.3 Å². The van der Waals surface area contributed by atoms with Crippen LogP contribution in [0.4, 0.5) is 24.5 Å². The van der Waals surface area contributed by atoms with Crippen LogP contribution < -0.4 is 10.1 Å². The number of esters is 1. The molecule has 0 radical (unpaired) electrons. The number of hydrogen-bond donors (Lipinski definition) is 1. The van der Waals surface area contributed by atoms with Crippen LogP contribution in [0.1, 0.15) is 75.2 Å². The first-order chi connectivity index (χ1) is 17.9. The summed E-state index contributed by atoms with van der Waals surface area (Å²) in [7, 11) is 1.33. The average molecular weight is 533 g/mol. The minimum Gasteiger partial charge on any atom is -0.465 e. The van der Waals surface area contributed by atoms with E-state index in [-0.39, 0.29) is 5.75 Å². The summed E-state index contributed by atoms with van der Waals surface area (Å²) in [6.45, 7) is 8.87. The molecule has 1 fully saturated rings. The Morgan fingerprint density at radius 3 is 2.47 bits per heavy atom. The van der Waals surface area contributed by atoms with E-state index in [4.69, 9.17) is 9.73 Å². The van der Waals surface area contributed by atoms with Crippen molar-refractivity contribution in [1.29, 1.82) is 0 Å². The fraction of sp³-hybridized carbons (Fsp3) is 0.533. The number of nitrogens with zero attached hydrogens (tertiary/aromatic N) is 1. The van der Waals surface area contributed by atoms with Gasteiger partial charge in [0.05, 0.1) is 18.4 Å². The van der Waals surface area contributed by atoms with Crippen molar-refractivity contribution < 1.29 is 27.4 Å². The second-order valence-corrected chi connectivity index (χ2v) is 10.7. The Bertz CT molecular complexity index is 1100. The van der Waals surface area contributed by atoms with Gasteiger partial charge in [0.15, 0.2) is 0 Å². The fourth-order valence-electron chi connectivity index (χ4n) is 5.44. The molecule has 0 aliphatic heterocycles. The average Bonchev–Trinajstić information content (AvgIpc) is 2.85. The minimum atomic E-state index is -4.74. The van der Waals surface area contributed by atoms with E-state index in [1.54, 1.807) is 12.1 Å². The second-order valence-electron chi connectivity index (χ2n) is 10.7. The number of methoxy groups -OCH3 is 1. The zero-order valence-electron chi connectivity index (χ0n) is 22.9. The van der Waals surface area contributed by atoms with Gasteiger partial charge < -0.3 is 14.8 Å². The van der Waals surface area contributed by atoms with E-state index >= 15 is 0 Å². The summed E-state index contributed by atoms with van der Waals surface area (Å²) in [5.74, 6) is 2.74. The molecule has 1 aliphatic carbocycles. The first kappa shape index (κ1) is 29.5. The Hall–Kier alpha value is -3.03. The molecule has 1 saturated carbocycles. The number of ether oxygens (including phenoxy) is 2. The van der Waals surface area contributed by atoms with Gasteiger partial charge in [-0.05, 0) is 98.2 Å². The van der Waals surface area contributed by atoms with Crippen LogP contribution in [0.2, 0.25) is 0 Å². The van der Waals surface area contributed by atoms with E-state index in [0.29, 0.717) is 41.0 Å². The number of benzene rings is 2. The van der Waals surface area contributed by atoms with Gasteiger partial charge in [0.25, 0.3) is 0 Å². The minimum absolute atomic E-state index is 0.283. The molecule has 8 heteroatoms. The number of aliphatic imine (C=N–C) groups is 1. The highest BCUT2D eigenvalue weighted by Crippen LogP contribution is 2.40. The number of alkyl halides is 3. The summed E-state index contributed by atoms with van der Waals surface area (Å²) in [6, 6.07) is 10.8. The molecule has 0 amide bonds. The lowest BCUT2D eigenvalue weighted by Gasteiger charge is -2.37. The van der Waals surface area contributed by atoms with Crippen molar-refractivity contribution in [3.63, 3.8) is 0 Å². The Morgan fingerprint density at radius 2 is 1.84 bits per heavy atom. The van der Waals surface area contributed by atoms with Crippen molar-refractivity contribution in [1.82, 2.24) is 0 Å². The Morgan fingerprint density at radius 1 is 1.13 bits per heavy atom. The molecule has 2 aromatic carbocycles. The zero-order valence-corrected chi connectivity index (χ0v) is 22.9. The number of carbonyl (C=O) groups excluding carboxylic acids is 1. The monoisotopic (exact) mass is 532 g/mol. The summed E-state index contributed by atoms with van der Waals surface area (Å²) in [5, 5.41) is 3.28.